The molecule has 4 rings (SSSR count). The summed E-state index contributed by atoms with van der Waals surface area (Å²) in [5.41, 5.74) is 1.28. The number of nitrogens with zero attached hydrogens (tertiary/aromatic N) is 3. The van der Waals surface area contributed by atoms with E-state index < -0.39 is 0 Å². The lowest BCUT2D eigenvalue weighted by molar-refractivity contribution is -0.120. The molecule has 1 aromatic heterocycles. The van der Waals surface area contributed by atoms with E-state index in [4.69, 9.17) is 4.74 Å². The van der Waals surface area contributed by atoms with Crippen LogP contribution < -0.4 is 15.5 Å². The molecular weight excluding hydrogens is 358 g/mol. The van der Waals surface area contributed by atoms with Crippen LogP contribution in [0.25, 0.3) is 0 Å². The molecule has 0 aliphatic carbocycles. The molecule has 8 nitrogen and oxygen atoms in total. The second-order valence-corrected chi connectivity index (χ2v) is 7.74. The Morgan fingerprint density at radius 1 is 1.21 bits per heavy atom. The predicted molar refractivity (Wildman–Crippen MR) is 104 cm³/mol. The van der Waals surface area contributed by atoms with E-state index in [-0.39, 0.29) is 23.1 Å². The highest BCUT2D eigenvalue weighted by Gasteiger charge is 2.34. The third kappa shape index (κ3) is 3.96. The molecule has 2 N–H and O–H groups in total. The summed E-state index contributed by atoms with van der Waals surface area (Å²) in [5.74, 6) is 0.541. The average Bonchev–Trinajstić information content (AvgIpc) is 2.65. The van der Waals surface area contributed by atoms with Gasteiger partial charge in [-0.3, -0.25) is 9.59 Å². The van der Waals surface area contributed by atoms with E-state index in [0.29, 0.717) is 44.1 Å². The van der Waals surface area contributed by atoms with Crippen molar-refractivity contribution < 1.29 is 14.3 Å². The van der Waals surface area contributed by atoms with Gasteiger partial charge in [-0.15, -0.1) is 5.10 Å². The molecule has 28 heavy (non-hydrogen) atoms. The first-order chi connectivity index (χ1) is 13.5. The van der Waals surface area contributed by atoms with Crippen LogP contribution in [0.15, 0.2) is 42.6 Å². The van der Waals surface area contributed by atoms with E-state index in [1.54, 1.807) is 30.5 Å². The standard InChI is InChI=1S/C20H23N5O3/c1-20(12-28-13-20)11-21-18(26)14-4-6-16(7-5-14)23-19(27)15-9-25(10-15)17-3-2-8-22-24-17/h2-8,15H,9-13H2,1H3,(H,21,26)(H,23,27). The van der Waals surface area contributed by atoms with E-state index in [1.807, 2.05) is 17.0 Å². The number of carbonyl (C=O) groups excluding carboxylic acids is 2. The molecule has 0 unspecified atom stereocenters. The minimum absolute atomic E-state index is 0.0322. The van der Waals surface area contributed by atoms with Gasteiger partial charge in [0.2, 0.25) is 5.91 Å². The predicted octanol–water partition coefficient (Wildman–Crippen LogP) is 1.32. The van der Waals surface area contributed by atoms with Gasteiger partial charge < -0.3 is 20.3 Å². The Kier molecular flexibility index (Phi) is 4.95. The first-order valence-electron chi connectivity index (χ1n) is 9.32. The Morgan fingerprint density at radius 3 is 2.57 bits per heavy atom. The Hall–Kier alpha value is -3.00. The first-order valence-corrected chi connectivity index (χ1v) is 9.32. The highest BCUT2D eigenvalue weighted by atomic mass is 16.5. The fourth-order valence-electron chi connectivity index (χ4n) is 3.19. The normalized spacial score (nSPS) is 18.0. The third-order valence-electron chi connectivity index (χ3n) is 5.13. The highest BCUT2D eigenvalue weighted by molar-refractivity contribution is 5.97. The van der Waals surface area contributed by atoms with Gasteiger partial charge >= 0.3 is 0 Å². The molecule has 0 atom stereocenters. The molecule has 0 radical (unpaired) electrons. The minimum atomic E-state index is -0.121. The van der Waals surface area contributed by atoms with Crippen molar-refractivity contribution in [1.82, 2.24) is 15.5 Å². The number of ether oxygens (including phenoxy) is 1. The molecule has 3 heterocycles. The van der Waals surface area contributed by atoms with Crippen molar-refractivity contribution in [2.75, 3.05) is 43.1 Å². The summed E-state index contributed by atoms with van der Waals surface area (Å²) in [7, 11) is 0. The number of benzene rings is 1. The first kappa shape index (κ1) is 18.4. The summed E-state index contributed by atoms with van der Waals surface area (Å²) in [6.45, 7) is 5.26. The SMILES string of the molecule is CC1(CNC(=O)c2ccc(NC(=O)C3CN(c4cccnn4)C3)cc2)COC1. The lowest BCUT2D eigenvalue weighted by Crippen LogP contribution is -2.52. The molecule has 8 heteroatoms. The monoisotopic (exact) mass is 381 g/mol. The smallest absolute Gasteiger partial charge is 0.251 e. The average molecular weight is 381 g/mol. The summed E-state index contributed by atoms with van der Waals surface area (Å²) in [6.07, 6.45) is 1.62. The molecule has 0 saturated carbocycles. The molecule has 1 aromatic carbocycles. The van der Waals surface area contributed by atoms with Crippen molar-refractivity contribution in [3.8, 4) is 0 Å². The van der Waals surface area contributed by atoms with Crippen LogP contribution >= 0.6 is 0 Å². The minimum Gasteiger partial charge on any atom is -0.380 e. The van der Waals surface area contributed by atoms with E-state index in [9.17, 15) is 9.59 Å². The van der Waals surface area contributed by atoms with Crippen molar-refractivity contribution in [3.05, 3.63) is 48.2 Å². The highest BCUT2D eigenvalue weighted by Crippen LogP contribution is 2.25. The van der Waals surface area contributed by atoms with Gasteiger partial charge in [-0.2, -0.15) is 5.10 Å². The lowest BCUT2D eigenvalue weighted by atomic mass is 9.88. The topological polar surface area (TPSA) is 96.5 Å². The van der Waals surface area contributed by atoms with Crippen LogP contribution in [-0.4, -0.2) is 54.9 Å². The van der Waals surface area contributed by atoms with Crippen LogP contribution in [0.3, 0.4) is 0 Å². The number of aromatic nitrogens is 2. The molecule has 2 amide bonds. The molecule has 0 spiro atoms. The fourth-order valence-corrected chi connectivity index (χ4v) is 3.19. The van der Waals surface area contributed by atoms with E-state index in [2.05, 4.69) is 27.8 Å². The molecule has 2 fully saturated rings. The molecular formula is C20H23N5O3. The molecule has 2 aliphatic rings. The largest absolute Gasteiger partial charge is 0.380 e. The number of amides is 2. The zero-order valence-electron chi connectivity index (χ0n) is 15.7. The number of anilines is 2. The van der Waals surface area contributed by atoms with Gasteiger partial charge in [-0.25, -0.2) is 0 Å². The van der Waals surface area contributed by atoms with Crippen molar-refractivity contribution in [3.63, 3.8) is 0 Å². The zero-order chi connectivity index (χ0) is 19.6. The fraction of sp³-hybridized carbons (Fsp3) is 0.400. The number of hydrogen-bond acceptors (Lipinski definition) is 6. The van der Waals surface area contributed by atoms with E-state index in [1.165, 1.54) is 0 Å². The number of hydrogen-bond donors (Lipinski definition) is 2. The second-order valence-electron chi connectivity index (χ2n) is 7.74. The Bertz CT molecular complexity index is 846. The quantitative estimate of drug-likeness (QED) is 0.783. The number of rotatable bonds is 6. The van der Waals surface area contributed by atoms with Gasteiger partial charge in [0.05, 0.1) is 19.1 Å². The van der Waals surface area contributed by atoms with Crippen LogP contribution in [-0.2, 0) is 9.53 Å². The van der Waals surface area contributed by atoms with E-state index >= 15 is 0 Å². The van der Waals surface area contributed by atoms with Gasteiger partial charge in [0, 0.05) is 42.5 Å². The maximum absolute atomic E-state index is 12.4. The molecule has 2 saturated heterocycles. The van der Waals surface area contributed by atoms with Crippen LogP contribution in [0.5, 0.6) is 0 Å². The van der Waals surface area contributed by atoms with Crippen LogP contribution in [0.2, 0.25) is 0 Å². The second kappa shape index (κ2) is 7.55. The van der Waals surface area contributed by atoms with Crippen LogP contribution in [0.1, 0.15) is 17.3 Å². The number of nitrogens with one attached hydrogen (secondary N) is 2. The van der Waals surface area contributed by atoms with Gasteiger partial charge in [-0.05, 0) is 36.4 Å². The maximum atomic E-state index is 12.4. The summed E-state index contributed by atoms with van der Waals surface area (Å²) < 4.78 is 5.19. The molecule has 2 aromatic rings. The van der Waals surface area contributed by atoms with Gasteiger partial charge in [0.25, 0.3) is 5.91 Å². The van der Waals surface area contributed by atoms with Gasteiger partial charge in [0.1, 0.15) is 0 Å². The van der Waals surface area contributed by atoms with E-state index in [0.717, 1.165) is 5.82 Å². The summed E-state index contributed by atoms with van der Waals surface area (Å²) >= 11 is 0. The summed E-state index contributed by atoms with van der Waals surface area (Å²) in [5, 5.41) is 13.7. The Labute approximate surface area is 163 Å². The van der Waals surface area contributed by atoms with Crippen molar-refractivity contribution in [2.24, 2.45) is 11.3 Å². The molecule has 2 aliphatic heterocycles. The lowest BCUT2D eigenvalue weighted by Gasteiger charge is -2.38. The third-order valence-corrected chi connectivity index (χ3v) is 5.13. The van der Waals surface area contributed by atoms with Crippen molar-refractivity contribution in [2.45, 2.75) is 6.92 Å². The Balaban J connectivity index is 1.25. The zero-order valence-corrected chi connectivity index (χ0v) is 15.7. The number of carbonyl (C=O) groups is 2. The summed E-state index contributed by atoms with van der Waals surface area (Å²) in [4.78, 5) is 26.6. The molecule has 0 bridgehead atoms. The summed E-state index contributed by atoms with van der Waals surface area (Å²) in [6, 6.07) is 10.6. The Morgan fingerprint density at radius 2 is 1.96 bits per heavy atom. The van der Waals surface area contributed by atoms with Crippen molar-refractivity contribution >= 4 is 23.3 Å². The van der Waals surface area contributed by atoms with Crippen molar-refractivity contribution in [1.29, 1.82) is 0 Å². The van der Waals surface area contributed by atoms with Crippen LogP contribution in [0.4, 0.5) is 11.5 Å². The van der Waals surface area contributed by atoms with Gasteiger partial charge in [-0.1, -0.05) is 6.92 Å². The van der Waals surface area contributed by atoms with Gasteiger partial charge in [0.15, 0.2) is 5.82 Å². The maximum Gasteiger partial charge on any atom is 0.251 e. The molecule has 146 valence electrons. The van der Waals surface area contributed by atoms with Crippen LogP contribution in [0, 0.1) is 11.3 Å².